The lowest BCUT2D eigenvalue weighted by atomic mass is 10.0. The first-order valence-corrected chi connectivity index (χ1v) is 8.12. The Kier molecular flexibility index (Phi) is 9.96. The molecule has 0 spiro atoms. The SMILES string of the molecule is CC(NC(=O)C(NC(=O)C(N)CO)C(C)C)C(=O)NC(CC(=O)O)C(=O)O. The molecule has 0 aliphatic heterocycles. The maximum absolute atomic E-state index is 12.3. The Morgan fingerprint density at radius 2 is 1.44 bits per heavy atom. The van der Waals surface area contributed by atoms with Crippen LogP contribution in [0.1, 0.15) is 27.2 Å². The van der Waals surface area contributed by atoms with Crippen LogP contribution in [-0.2, 0) is 24.0 Å². The number of carbonyl (C=O) groups is 5. The van der Waals surface area contributed by atoms with Crippen molar-refractivity contribution in [1.82, 2.24) is 16.0 Å². The zero-order valence-electron chi connectivity index (χ0n) is 15.3. The first kappa shape index (κ1) is 24.3. The molecular weight excluding hydrogens is 364 g/mol. The van der Waals surface area contributed by atoms with Crippen molar-refractivity contribution in [2.75, 3.05) is 6.61 Å². The van der Waals surface area contributed by atoms with Gasteiger partial charge in [0.15, 0.2) is 0 Å². The predicted octanol–water partition coefficient (Wildman–Crippen LogP) is -3.00. The lowest BCUT2D eigenvalue weighted by Crippen LogP contribution is -2.58. The van der Waals surface area contributed by atoms with Crippen LogP contribution in [0.2, 0.25) is 0 Å². The van der Waals surface area contributed by atoms with E-state index in [1.54, 1.807) is 13.8 Å². The lowest BCUT2D eigenvalue weighted by Gasteiger charge is -2.25. The summed E-state index contributed by atoms with van der Waals surface area (Å²) in [6.45, 7) is 3.92. The zero-order chi connectivity index (χ0) is 21.3. The molecule has 0 bridgehead atoms. The van der Waals surface area contributed by atoms with E-state index in [2.05, 4.69) is 10.6 Å². The Morgan fingerprint density at radius 3 is 1.85 bits per heavy atom. The number of aliphatic carboxylic acids is 2. The molecule has 0 fully saturated rings. The fraction of sp³-hybridized carbons (Fsp3) is 0.667. The highest BCUT2D eigenvalue weighted by molar-refractivity contribution is 5.94. The fourth-order valence-corrected chi connectivity index (χ4v) is 1.92. The second-order valence-corrected chi connectivity index (χ2v) is 6.25. The summed E-state index contributed by atoms with van der Waals surface area (Å²) in [5.74, 6) is -5.71. The highest BCUT2D eigenvalue weighted by atomic mass is 16.4. The summed E-state index contributed by atoms with van der Waals surface area (Å²) in [5, 5.41) is 33.1. The third kappa shape index (κ3) is 8.46. The van der Waals surface area contributed by atoms with Crippen molar-refractivity contribution in [2.24, 2.45) is 11.7 Å². The summed E-state index contributed by atoms with van der Waals surface area (Å²) in [4.78, 5) is 57.7. The minimum atomic E-state index is -1.66. The Hall–Kier alpha value is -2.73. The quantitative estimate of drug-likeness (QED) is 0.191. The van der Waals surface area contributed by atoms with E-state index in [4.69, 9.17) is 21.1 Å². The molecule has 4 unspecified atom stereocenters. The molecule has 27 heavy (non-hydrogen) atoms. The molecule has 3 amide bonds. The van der Waals surface area contributed by atoms with Crippen LogP contribution in [0.15, 0.2) is 0 Å². The number of hydrogen-bond donors (Lipinski definition) is 7. The predicted molar refractivity (Wildman–Crippen MR) is 91.3 cm³/mol. The molecule has 0 heterocycles. The number of carbonyl (C=O) groups excluding carboxylic acids is 3. The molecule has 0 saturated heterocycles. The van der Waals surface area contributed by atoms with Gasteiger partial charge in [0.1, 0.15) is 24.2 Å². The van der Waals surface area contributed by atoms with Gasteiger partial charge in [-0.3, -0.25) is 19.2 Å². The monoisotopic (exact) mass is 390 g/mol. The van der Waals surface area contributed by atoms with Crippen LogP contribution < -0.4 is 21.7 Å². The Morgan fingerprint density at radius 1 is 0.889 bits per heavy atom. The number of nitrogens with two attached hydrogens (primary N) is 1. The molecule has 154 valence electrons. The molecule has 0 rings (SSSR count). The lowest BCUT2D eigenvalue weighted by molar-refractivity contribution is -0.147. The van der Waals surface area contributed by atoms with Crippen LogP contribution in [0.4, 0.5) is 0 Å². The molecule has 0 aromatic rings. The van der Waals surface area contributed by atoms with Crippen LogP contribution >= 0.6 is 0 Å². The Balaban J connectivity index is 4.96. The van der Waals surface area contributed by atoms with Crippen LogP contribution in [0.3, 0.4) is 0 Å². The number of amides is 3. The molecule has 12 nitrogen and oxygen atoms in total. The summed E-state index contributed by atoms with van der Waals surface area (Å²) >= 11 is 0. The average Bonchev–Trinajstić information content (AvgIpc) is 2.56. The highest BCUT2D eigenvalue weighted by Crippen LogP contribution is 2.03. The molecule has 0 aliphatic rings. The van der Waals surface area contributed by atoms with Crippen LogP contribution in [-0.4, -0.2) is 75.8 Å². The van der Waals surface area contributed by atoms with Gasteiger partial charge in [-0.05, 0) is 12.8 Å². The van der Waals surface area contributed by atoms with Gasteiger partial charge in [-0.25, -0.2) is 4.79 Å². The van der Waals surface area contributed by atoms with E-state index >= 15 is 0 Å². The van der Waals surface area contributed by atoms with Gasteiger partial charge in [0, 0.05) is 0 Å². The number of rotatable bonds is 11. The molecule has 4 atom stereocenters. The van der Waals surface area contributed by atoms with Crippen LogP contribution in [0.5, 0.6) is 0 Å². The third-order valence-corrected chi connectivity index (χ3v) is 3.53. The molecule has 12 heteroatoms. The van der Waals surface area contributed by atoms with Crippen molar-refractivity contribution in [3.8, 4) is 0 Å². The topological polar surface area (TPSA) is 208 Å². The number of hydrogen-bond acceptors (Lipinski definition) is 7. The Labute approximate surface area is 155 Å². The zero-order valence-corrected chi connectivity index (χ0v) is 15.3. The number of aliphatic hydroxyl groups is 1. The van der Waals surface area contributed by atoms with Gasteiger partial charge >= 0.3 is 11.9 Å². The van der Waals surface area contributed by atoms with E-state index in [0.717, 1.165) is 0 Å². The molecular formula is C15H26N4O8. The second kappa shape index (κ2) is 11.1. The van der Waals surface area contributed by atoms with Gasteiger partial charge in [-0.1, -0.05) is 13.8 Å². The molecule has 0 saturated carbocycles. The van der Waals surface area contributed by atoms with Gasteiger partial charge < -0.3 is 37.0 Å². The average molecular weight is 390 g/mol. The Bertz CT molecular complexity index is 580. The van der Waals surface area contributed by atoms with Crippen LogP contribution in [0.25, 0.3) is 0 Å². The van der Waals surface area contributed by atoms with Crippen molar-refractivity contribution >= 4 is 29.7 Å². The highest BCUT2D eigenvalue weighted by Gasteiger charge is 2.30. The maximum atomic E-state index is 12.3. The van der Waals surface area contributed by atoms with Gasteiger partial charge in [0.05, 0.1) is 13.0 Å². The standard InChI is InChI=1S/C15H26N4O8/c1-6(2)11(19-13(24)8(16)5-20)14(25)17-7(3)12(23)18-9(15(26)27)4-10(21)22/h6-9,11,20H,4-5,16H2,1-3H3,(H,17,25)(H,18,23)(H,19,24)(H,21,22)(H,26,27). The van der Waals surface area contributed by atoms with E-state index in [-0.39, 0.29) is 5.92 Å². The maximum Gasteiger partial charge on any atom is 0.326 e. The van der Waals surface area contributed by atoms with Crippen molar-refractivity contribution in [3.63, 3.8) is 0 Å². The second-order valence-electron chi connectivity index (χ2n) is 6.25. The van der Waals surface area contributed by atoms with Gasteiger partial charge in [-0.15, -0.1) is 0 Å². The van der Waals surface area contributed by atoms with E-state index in [1.807, 2.05) is 5.32 Å². The third-order valence-electron chi connectivity index (χ3n) is 3.53. The normalized spacial score (nSPS) is 15.2. The van der Waals surface area contributed by atoms with E-state index < -0.39 is 66.9 Å². The van der Waals surface area contributed by atoms with E-state index in [9.17, 15) is 24.0 Å². The minimum absolute atomic E-state index is 0.381. The first-order valence-electron chi connectivity index (χ1n) is 8.12. The number of nitrogens with one attached hydrogen (secondary N) is 3. The smallest absolute Gasteiger partial charge is 0.326 e. The van der Waals surface area contributed by atoms with Gasteiger partial charge in [-0.2, -0.15) is 0 Å². The summed E-state index contributed by atoms with van der Waals surface area (Å²) in [6.07, 6.45) is -0.828. The van der Waals surface area contributed by atoms with Gasteiger partial charge in [0.2, 0.25) is 17.7 Å². The molecule has 0 radical (unpaired) electrons. The molecule has 0 aromatic carbocycles. The number of carboxylic acids is 2. The van der Waals surface area contributed by atoms with Crippen molar-refractivity contribution in [1.29, 1.82) is 0 Å². The molecule has 8 N–H and O–H groups in total. The largest absolute Gasteiger partial charge is 0.481 e. The van der Waals surface area contributed by atoms with E-state index in [1.165, 1.54) is 6.92 Å². The fourth-order valence-electron chi connectivity index (χ4n) is 1.92. The molecule has 0 aromatic heterocycles. The van der Waals surface area contributed by atoms with Crippen molar-refractivity contribution in [2.45, 2.75) is 51.4 Å². The first-order chi connectivity index (χ1) is 12.4. The van der Waals surface area contributed by atoms with Crippen LogP contribution in [0, 0.1) is 5.92 Å². The summed E-state index contributed by atoms with van der Waals surface area (Å²) in [7, 11) is 0. The summed E-state index contributed by atoms with van der Waals surface area (Å²) in [5.41, 5.74) is 5.38. The van der Waals surface area contributed by atoms with Crippen molar-refractivity contribution in [3.05, 3.63) is 0 Å². The van der Waals surface area contributed by atoms with Gasteiger partial charge in [0.25, 0.3) is 0 Å². The van der Waals surface area contributed by atoms with Crippen molar-refractivity contribution < 1.29 is 39.3 Å². The van der Waals surface area contributed by atoms with E-state index in [0.29, 0.717) is 0 Å². The molecule has 0 aliphatic carbocycles. The summed E-state index contributed by atoms with van der Waals surface area (Å²) in [6, 6.07) is -5.12. The number of carboxylic acid groups (broad SMARTS) is 2. The number of aliphatic hydroxyl groups excluding tert-OH is 1. The minimum Gasteiger partial charge on any atom is -0.481 e. The summed E-state index contributed by atoms with van der Waals surface area (Å²) < 4.78 is 0.